The number of aromatic carboxylic acids is 1. The maximum Gasteiger partial charge on any atom is 0.335 e. The van der Waals surface area contributed by atoms with Gasteiger partial charge in [-0.3, -0.25) is 4.79 Å². The van der Waals surface area contributed by atoms with Crippen LogP contribution < -0.4 is 5.32 Å². The summed E-state index contributed by atoms with van der Waals surface area (Å²) in [6.07, 6.45) is 0. The van der Waals surface area contributed by atoms with Crippen molar-refractivity contribution in [1.29, 1.82) is 0 Å². The molecular weight excluding hydrogens is 284 g/mol. The summed E-state index contributed by atoms with van der Waals surface area (Å²) in [5, 5.41) is 15.6. The third-order valence-corrected chi connectivity index (χ3v) is 3.56. The number of carbonyl (C=O) groups is 2. The Morgan fingerprint density at radius 2 is 2.09 bits per heavy atom. The normalized spacial score (nSPS) is 12.0. The molecule has 6 heteroatoms. The molecule has 22 heavy (non-hydrogen) atoms. The Balaban J connectivity index is 2.04. The zero-order valence-corrected chi connectivity index (χ0v) is 12.7. The van der Waals surface area contributed by atoms with Gasteiger partial charge in [-0.25, -0.2) is 4.79 Å². The number of carbonyl (C=O) groups excluding carboxylic acids is 1. The van der Waals surface area contributed by atoms with Gasteiger partial charge in [-0.15, -0.1) is 0 Å². The lowest BCUT2D eigenvalue weighted by molar-refractivity contribution is -0.122. The van der Waals surface area contributed by atoms with E-state index in [0.717, 1.165) is 11.1 Å². The van der Waals surface area contributed by atoms with E-state index >= 15 is 0 Å². The van der Waals surface area contributed by atoms with Crippen LogP contribution in [0.1, 0.15) is 45.8 Å². The van der Waals surface area contributed by atoms with Gasteiger partial charge in [0.2, 0.25) is 5.91 Å². The number of carboxylic acids is 1. The summed E-state index contributed by atoms with van der Waals surface area (Å²) in [6, 6.07) is 6.49. The van der Waals surface area contributed by atoms with Crippen LogP contribution in [0.5, 0.6) is 0 Å². The maximum absolute atomic E-state index is 12.2. The Kier molecular flexibility index (Phi) is 4.60. The van der Waals surface area contributed by atoms with Gasteiger partial charge in [0.15, 0.2) is 0 Å². The molecule has 1 atom stereocenters. The largest absolute Gasteiger partial charge is 0.478 e. The average molecular weight is 302 g/mol. The van der Waals surface area contributed by atoms with Gasteiger partial charge in [0, 0.05) is 12.1 Å². The van der Waals surface area contributed by atoms with E-state index in [-0.39, 0.29) is 23.9 Å². The summed E-state index contributed by atoms with van der Waals surface area (Å²) in [6.45, 7) is 5.63. The minimum Gasteiger partial charge on any atom is -0.478 e. The number of nitrogens with one attached hydrogen (secondary N) is 1. The van der Waals surface area contributed by atoms with Crippen molar-refractivity contribution >= 4 is 11.9 Å². The molecule has 0 bridgehead atoms. The topological polar surface area (TPSA) is 92.4 Å². The quantitative estimate of drug-likeness (QED) is 0.884. The zero-order valence-electron chi connectivity index (χ0n) is 12.7. The summed E-state index contributed by atoms with van der Waals surface area (Å²) >= 11 is 0. The Morgan fingerprint density at radius 3 is 2.68 bits per heavy atom. The number of hydrogen-bond donors (Lipinski definition) is 2. The van der Waals surface area contributed by atoms with E-state index in [1.54, 1.807) is 39.0 Å². The van der Waals surface area contributed by atoms with Crippen LogP contribution in [0.2, 0.25) is 0 Å². The highest BCUT2D eigenvalue weighted by molar-refractivity contribution is 5.88. The number of aryl methyl sites for hydroxylation is 2. The zero-order chi connectivity index (χ0) is 16.3. The third kappa shape index (κ3) is 3.33. The summed E-state index contributed by atoms with van der Waals surface area (Å²) in [7, 11) is 0. The highest BCUT2D eigenvalue weighted by Gasteiger charge is 2.22. The van der Waals surface area contributed by atoms with E-state index in [1.807, 2.05) is 0 Å². The first-order valence-corrected chi connectivity index (χ1v) is 6.93. The van der Waals surface area contributed by atoms with Gasteiger partial charge in [0.05, 0.1) is 17.2 Å². The van der Waals surface area contributed by atoms with Gasteiger partial charge in [0.1, 0.15) is 5.76 Å². The number of nitrogens with zero attached hydrogens (tertiary/aromatic N) is 1. The van der Waals surface area contributed by atoms with Crippen molar-refractivity contribution in [3.8, 4) is 0 Å². The molecular formula is C16H18N2O4. The van der Waals surface area contributed by atoms with Crippen LogP contribution in [-0.2, 0) is 11.3 Å². The number of benzene rings is 1. The fourth-order valence-corrected chi connectivity index (χ4v) is 2.40. The highest BCUT2D eigenvalue weighted by Crippen LogP contribution is 2.23. The molecule has 0 spiro atoms. The number of amides is 1. The number of hydrogen-bond acceptors (Lipinski definition) is 4. The Labute approximate surface area is 128 Å². The predicted molar refractivity (Wildman–Crippen MR) is 79.6 cm³/mol. The van der Waals surface area contributed by atoms with Gasteiger partial charge in [-0.05, 0) is 38.5 Å². The van der Waals surface area contributed by atoms with Crippen molar-refractivity contribution in [3.63, 3.8) is 0 Å². The van der Waals surface area contributed by atoms with Crippen molar-refractivity contribution in [2.24, 2.45) is 0 Å². The molecule has 1 aromatic heterocycles. The van der Waals surface area contributed by atoms with E-state index in [0.29, 0.717) is 11.5 Å². The smallest absolute Gasteiger partial charge is 0.335 e. The predicted octanol–water partition coefficient (Wildman–Crippen LogP) is 2.41. The second kappa shape index (κ2) is 6.43. The van der Waals surface area contributed by atoms with Crippen molar-refractivity contribution in [1.82, 2.24) is 10.5 Å². The number of aromatic nitrogens is 1. The molecule has 0 radical (unpaired) electrons. The molecule has 0 aliphatic heterocycles. The number of rotatable bonds is 5. The van der Waals surface area contributed by atoms with Crippen molar-refractivity contribution < 1.29 is 19.2 Å². The van der Waals surface area contributed by atoms with E-state index in [4.69, 9.17) is 9.63 Å². The van der Waals surface area contributed by atoms with E-state index in [9.17, 15) is 9.59 Å². The molecule has 0 fully saturated rings. The first-order chi connectivity index (χ1) is 10.4. The summed E-state index contributed by atoms with van der Waals surface area (Å²) in [5.41, 5.74) is 2.43. The van der Waals surface area contributed by atoms with E-state index < -0.39 is 5.97 Å². The Hall–Kier alpha value is -2.63. The highest BCUT2D eigenvalue weighted by atomic mass is 16.5. The molecule has 1 amide bonds. The van der Waals surface area contributed by atoms with Crippen LogP contribution in [0.25, 0.3) is 0 Å². The molecule has 1 aromatic carbocycles. The lowest BCUT2D eigenvalue weighted by atomic mass is 9.98. The van der Waals surface area contributed by atoms with Gasteiger partial charge in [-0.1, -0.05) is 17.3 Å². The van der Waals surface area contributed by atoms with Gasteiger partial charge < -0.3 is 14.9 Å². The minimum absolute atomic E-state index is 0.157. The van der Waals surface area contributed by atoms with Crippen LogP contribution in [0.3, 0.4) is 0 Å². The molecule has 0 saturated carbocycles. The van der Waals surface area contributed by atoms with E-state index in [1.165, 1.54) is 6.07 Å². The fraction of sp³-hybridized carbons (Fsp3) is 0.312. The lowest BCUT2D eigenvalue weighted by Gasteiger charge is -2.12. The summed E-state index contributed by atoms with van der Waals surface area (Å²) in [5.74, 6) is -0.894. The SMILES string of the molecule is Cc1noc(C)c1[C@H](C)C(=O)NCc1cccc(C(=O)O)c1. The van der Waals surface area contributed by atoms with Crippen molar-refractivity contribution in [2.45, 2.75) is 33.2 Å². The Morgan fingerprint density at radius 1 is 1.36 bits per heavy atom. The first kappa shape index (κ1) is 15.8. The van der Waals surface area contributed by atoms with Crippen molar-refractivity contribution in [2.75, 3.05) is 0 Å². The summed E-state index contributed by atoms with van der Waals surface area (Å²) < 4.78 is 5.08. The van der Waals surface area contributed by atoms with E-state index in [2.05, 4.69) is 10.5 Å². The lowest BCUT2D eigenvalue weighted by Crippen LogP contribution is -2.28. The second-order valence-corrected chi connectivity index (χ2v) is 5.18. The monoisotopic (exact) mass is 302 g/mol. The minimum atomic E-state index is -0.989. The molecule has 0 unspecified atom stereocenters. The second-order valence-electron chi connectivity index (χ2n) is 5.18. The molecule has 2 aromatic rings. The fourth-order valence-electron chi connectivity index (χ4n) is 2.40. The molecule has 6 nitrogen and oxygen atoms in total. The van der Waals surface area contributed by atoms with Crippen molar-refractivity contribution in [3.05, 3.63) is 52.4 Å². The standard InChI is InChI=1S/C16H18N2O4/c1-9(14-10(2)18-22-11(14)3)15(19)17-8-12-5-4-6-13(7-12)16(20)21/h4-7,9H,8H2,1-3H3,(H,17,19)(H,20,21)/t9-/m0/s1. The van der Waals surface area contributed by atoms with Crippen LogP contribution in [-0.4, -0.2) is 22.1 Å². The first-order valence-electron chi connectivity index (χ1n) is 6.93. The molecule has 0 saturated heterocycles. The molecule has 2 rings (SSSR count). The molecule has 1 heterocycles. The van der Waals surface area contributed by atoms with Crippen LogP contribution in [0.15, 0.2) is 28.8 Å². The van der Waals surface area contributed by atoms with Crippen LogP contribution >= 0.6 is 0 Å². The summed E-state index contributed by atoms with van der Waals surface area (Å²) in [4.78, 5) is 23.2. The molecule has 116 valence electrons. The maximum atomic E-state index is 12.2. The Bertz CT molecular complexity index is 686. The molecule has 0 aliphatic rings. The number of carboxylic acid groups (broad SMARTS) is 1. The third-order valence-electron chi connectivity index (χ3n) is 3.56. The average Bonchev–Trinajstić information content (AvgIpc) is 2.83. The molecule has 2 N–H and O–H groups in total. The van der Waals surface area contributed by atoms with Crippen LogP contribution in [0, 0.1) is 13.8 Å². The van der Waals surface area contributed by atoms with Gasteiger partial charge >= 0.3 is 5.97 Å². The van der Waals surface area contributed by atoms with Gasteiger partial charge in [-0.2, -0.15) is 0 Å². The molecule has 0 aliphatic carbocycles. The van der Waals surface area contributed by atoms with Crippen LogP contribution in [0.4, 0.5) is 0 Å². The van der Waals surface area contributed by atoms with Gasteiger partial charge in [0.25, 0.3) is 0 Å².